The van der Waals surface area contributed by atoms with Gasteiger partial charge in [-0.2, -0.15) is 0 Å². The summed E-state index contributed by atoms with van der Waals surface area (Å²) in [6.07, 6.45) is 11.1. The standard InChI is InChI=1S/C12H11N3O/c16-12-10(15-4-3-13-14-15)6-9-7-1-2-8(5-7)11(9)12/h1-4,6-9,11H,5H2/t7-,8+,9-,11+/m0/s1. The quantitative estimate of drug-likeness (QED) is 0.657. The third-order valence-corrected chi connectivity index (χ3v) is 4.10. The zero-order valence-corrected chi connectivity index (χ0v) is 8.65. The number of allylic oxidation sites excluding steroid dienone is 4. The molecule has 0 saturated heterocycles. The maximum Gasteiger partial charge on any atom is 0.185 e. The fourth-order valence-corrected chi connectivity index (χ4v) is 3.42. The summed E-state index contributed by atoms with van der Waals surface area (Å²) in [5.41, 5.74) is 0.714. The topological polar surface area (TPSA) is 47.8 Å². The molecule has 1 saturated carbocycles. The third-order valence-electron chi connectivity index (χ3n) is 4.10. The average molecular weight is 213 g/mol. The summed E-state index contributed by atoms with van der Waals surface area (Å²) in [5.74, 6) is 1.85. The first kappa shape index (κ1) is 8.44. The van der Waals surface area contributed by atoms with Crippen LogP contribution in [0.5, 0.6) is 0 Å². The van der Waals surface area contributed by atoms with Crippen LogP contribution in [0.1, 0.15) is 6.42 Å². The van der Waals surface area contributed by atoms with E-state index in [1.165, 1.54) is 0 Å². The van der Waals surface area contributed by atoms with Crippen LogP contribution in [0.4, 0.5) is 0 Å². The molecule has 0 aromatic carbocycles. The van der Waals surface area contributed by atoms with Crippen molar-refractivity contribution >= 4 is 11.5 Å². The highest BCUT2D eigenvalue weighted by Crippen LogP contribution is 2.53. The summed E-state index contributed by atoms with van der Waals surface area (Å²) >= 11 is 0. The number of hydrogen-bond donors (Lipinski definition) is 0. The molecular weight excluding hydrogens is 202 g/mol. The molecule has 0 spiro atoms. The molecule has 1 aromatic rings. The van der Waals surface area contributed by atoms with Crippen LogP contribution in [-0.2, 0) is 4.79 Å². The van der Waals surface area contributed by atoms with Gasteiger partial charge >= 0.3 is 0 Å². The van der Waals surface area contributed by atoms with E-state index in [0.29, 0.717) is 23.5 Å². The molecule has 2 bridgehead atoms. The molecule has 4 atom stereocenters. The van der Waals surface area contributed by atoms with Crippen molar-refractivity contribution in [2.24, 2.45) is 23.7 Å². The van der Waals surface area contributed by atoms with Crippen LogP contribution in [-0.4, -0.2) is 20.8 Å². The lowest BCUT2D eigenvalue weighted by atomic mass is 9.85. The smallest absolute Gasteiger partial charge is 0.185 e. The van der Waals surface area contributed by atoms with Gasteiger partial charge in [-0.05, 0) is 24.2 Å². The summed E-state index contributed by atoms with van der Waals surface area (Å²) in [7, 11) is 0. The lowest BCUT2D eigenvalue weighted by Gasteiger charge is -2.17. The van der Waals surface area contributed by atoms with Gasteiger partial charge in [-0.3, -0.25) is 4.79 Å². The van der Waals surface area contributed by atoms with E-state index < -0.39 is 0 Å². The summed E-state index contributed by atoms with van der Waals surface area (Å²) < 4.78 is 1.60. The lowest BCUT2D eigenvalue weighted by Crippen LogP contribution is -2.22. The van der Waals surface area contributed by atoms with Gasteiger partial charge < -0.3 is 0 Å². The molecule has 0 radical (unpaired) electrons. The van der Waals surface area contributed by atoms with Crippen LogP contribution in [0.25, 0.3) is 5.70 Å². The van der Waals surface area contributed by atoms with Crippen molar-refractivity contribution < 1.29 is 4.79 Å². The van der Waals surface area contributed by atoms with Gasteiger partial charge in [0.05, 0.1) is 12.4 Å². The highest BCUT2D eigenvalue weighted by molar-refractivity contribution is 6.19. The number of carbonyl (C=O) groups is 1. The monoisotopic (exact) mass is 213 g/mol. The molecule has 0 N–H and O–H groups in total. The Morgan fingerprint density at radius 2 is 2.19 bits per heavy atom. The number of nitrogens with zero attached hydrogens (tertiary/aromatic N) is 3. The Labute approximate surface area is 92.6 Å². The Balaban J connectivity index is 1.78. The molecule has 3 aliphatic rings. The fourth-order valence-electron chi connectivity index (χ4n) is 3.42. The van der Waals surface area contributed by atoms with E-state index in [0.717, 1.165) is 6.42 Å². The van der Waals surface area contributed by atoms with Gasteiger partial charge in [0.1, 0.15) is 5.70 Å². The van der Waals surface area contributed by atoms with Gasteiger partial charge in [-0.1, -0.05) is 23.4 Å². The minimum Gasteiger partial charge on any atom is -0.292 e. The van der Waals surface area contributed by atoms with Crippen molar-refractivity contribution in [1.82, 2.24) is 15.0 Å². The predicted molar refractivity (Wildman–Crippen MR) is 57.0 cm³/mol. The van der Waals surface area contributed by atoms with Crippen molar-refractivity contribution in [2.45, 2.75) is 6.42 Å². The van der Waals surface area contributed by atoms with Gasteiger partial charge in [0.15, 0.2) is 5.78 Å². The Bertz CT molecular complexity index is 514. The second-order valence-corrected chi connectivity index (χ2v) is 4.82. The number of fused-ring (bicyclic) bond motifs is 5. The van der Waals surface area contributed by atoms with Crippen LogP contribution in [0.2, 0.25) is 0 Å². The normalized spacial score (nSPS) is 39.2. The third kappa shape index (κ3) is 0.876. The molecule has 16 heavy (non-hydrogen) atoms. The summed E-state index contributed by atoms with van der Waals surface area (Å²) in [6, 6.07) is 0. The number of carbonyl (C=O) groups excluding carboxylic acids is 1. The Morgan fingerprint density at radius 1 is 1.31 bits per heavy atom. The molecule has 80 valence electrons. The van der Waals surface area contributed by atoms with Crippen LogP contribution in [0.3, 0.4) is 0 Å². The van der Waals surface area contributed by atoms with Gasteiger partial charge in [0, 0.05) is 5.92 Å². The zero-order chi connectivity index (χ0) is 10.7. The Kier molecular flexibility index (Phi) is 1.42. The number of rotatable bonds is 1. The lowest BCUT2D eigenvalue weighted by molar-refractivity contribution is -0.118. The molecular formula is C12H11N3O. The summed E-state index contributed by atoms with van der Waals surface area (Å²) in [5, 5.41) is 7.66. The predicted octanol–water partition coefficient (Wildman–Crippen LogP) is 1.14. The molecule has 0 amide bonds. The first-order valence-electron chi connectivity index (χ1n) is 5.65. The highest BCUT2D eigenvalue weighted by atomic mass is 16.1. The zero-order valence-electron chi connectivity index (χ0n) is 8.65. The molecule has 4 heteroatoms. The first-order chi connectivity index (χ1) is 7.84. The maximum absolute atomic E-state index is 12.3. The van der Waals surface area contributed by atoms with Gasteiger partial charge in [-0.25, -0.2) is 4.68 Å². The van der Waals surface area contributed by atoms with E-state index >= 15 is 0 Å². The number of Topliss-reactive ketones (excluding diaryl/α,β-unsaturated/α-hetero) is 1. The molecule has 0 unspecified atom stereocenters. The number of ketones is 1. The van der Waals surface area contributed by atoms with E-state index in [1.807, 2.05) is 0 Å². The van der Waals surface area contributed by atoms with Gasteiger partial charge in [0.2, 0.25) is 0 Å². The van der Waals surface area contributed by atoms with E-state index in [1.54, 1.807) is 17.1 Å². The van der Waals surface area contributed by atoms with E-state index in [2.05, 4.69) is 28.5 Å². The minimum atomic E-state index is 0.175. The maximum atomic E-state index is 12.3. The van der Waals surface area contributed by atoms with Crippen LogP contribution in [0.15, 0.2) is 30.6 Å². The van der Waals surface area contributed by atoms with Crippen molar-refractivity contribution in [3.05, 3.63) is 30.6 Å². The van der Waals surface area contributed by atoms with E-state index in [9.17, 15) is 4.79 Å². The second kappa shape index (κ2) is 2.70. The molecule has 1 aromatic heterocycles. The number of aromatic nitrogens is 3. The minimum absolute atomic E-state index is 0.175. The molecule has 4 rings (SSSR count). The molecule has 1 fully saturated rings. The molecule has 4 nitrogen and oxygen atoms in total. The molecule has 1 heterocycles. The molecule has 3 aliphatic carbocycles. The van der Waals surface area contributed by atoms with Crippen LogP contribution >= 0.6 is 0 Å². The summed E-state index contributed by atoms with van der Waals surface area (Å²) in [6.45, 7) is 0. The molecule has 0 aliphatic heterocycles. The van der Waals surface area contributed by atoms with Crippen molar-refractivity contribution in [3.8, 4) is 0 Å². The van der Waals surface area contributed by atoms with Gasteiger partial charge in [0.25, 0.3) is 0 Å². The van der Waals surface area contributed by atoms with Crippen molar-refractivity contribution in [1.29, 1.82) is 0 Å². The SMILES string of the molecule is O=C1C(n2ccnn2)=C[C@@H]2[C@H]1[C@@H]1C=C[C@H]2C1. The Morgan fingerprint density at radius 3 is 2.94 bits per heavy atom. The van der Waals surface area contributed by atoms with Crippen molar-refractivity contribution in [3.63, 3.8) is 0 Å². The van der Waals surface area contributed by atoms with E-state index in [4.69, 9.17) is 0 Å². The van der Waals surface area contributed by atoms with Crippen LogP contribution < -0.4 is 0 Å². The first-order valence-corrected chi connectivity index (χ1v) is 5.65. The van der Waals surface area contributed by atoms with Gasteiger partial charge in [-0.15, -0.1) is 5.10 Å². The van der Waals surface area contributed by atoms with Crippen molar-refractivity contribution in [2.75, 3.05) is 0 Å². The largest absolute Gasteiger partial charge is 0.292 e. The Hall–Kier alpha value is -1.71. The summed E-state index contributed by atoms with van der Waals surface area (Å²) in [4.78, 5) is 12.3. The fraction of sp³-hybridized carbons (Fsp3) is 0.417. The second-order valence-electron chi connectivity index (χ2n) is 4.82. The van der Waals surface area contributed by atoms with Crippen LogP contribution in [0, 0.1) is 23.7 Å². The number of hydrogen-bond acceptors (Lipinski definition) is 3. The van der Waals surface area contributed by atoms with E-state index in [-0.39, 0.29) is 11.7 Å². The average Bonchev–Trinajstić information content (AvgIpc) is 2.97. The highest BCUT2D eigenvalue weighted by Gasteiger charge is 2.51.